The highest BCUT2D eigenvalue weighted by molar-refractivity contribution is 5.85. The van der Waals surface area contributed by atoms with E-state index in [2.05, 4.69) is 35.4 Å². The summed E-state index contributed by atoms with van der Waals surface area (Å²) in [7, 11) is 0. The highest BCUT2D eigenvalue weighted by Gasteiger charge is 2.35. The molecular formula is C25H29N3O3. The van der Waals surface area contributed by atoms with Gasteiger partial charge in [-0.3, -0.25) is 4.79 Å². The SMILES string of the molecule is CC(=O)N1CCCC1C(CNC(=O)OCc1ccccc1)c1c[nH]c2cc(C)ccc12. The number of ether oxygens (including phenoxy) is 1. The Kier molecular flexibility index (Phi) is 6.26. The number of carbonyl (C=O) groups excluding carboxylic acids is 2. The number of aromatic nitrogens is 1. The number of hydrogen-bond acceptors (Lipinski definition) is 3. The summed E-state index contributed by atoms with van der Waals surface area (Å²) in [6, 6.07) is 16.0. The molecule has 1 aromatic heterocycles. The summed E-state index contributed by atoms with van der Waals surface area (Å²) in [5.74, 6) is 0.0574. The molecule has 3 aromatic rings. The summed E-state index contributed by atoms with van der Waals surface area (Å²) in [6.07, 6.45) is 3.46. The van der Waals surface area contributed by atoms with Gasteiger partial charge in [0.25, 0.3) is 0 Å². The molecule has 1 aliphatic heterocycles. The molecule has 2 N–H and O–H groups in total. The molecule has 0 aliphatic carbocycles. The van der Waals surface area contributed by atoms with E-state index in [9.17, 15) is 9.59 Å². The molecule has 1 aliphatic rings. The van der Waals surface area contributed by atoms with Crippen LogP contribution in [0, 0.1) is 6.92 Å². The van der Waals surface area contributed by atoms with Crippen LogP contribution in [0.5, 0.6) is 0 Å². The van der Waals surface area contributed by atoms with E-state index >= 15 is 0 Å². The van der Waals surface area contributed by atoms with E-state index in [4.69, 9.17) is 4.74 Å². The monoisotopic (exact) mass is 419 g/mol. The third kappa shape index (κ3) is 4.74. The van der Waals surface area contributed by atoms with Crippen LogP contribution in [0.4, 0.5) is 4.79 Å². The first-order chi connectivity index (χ1) is 15.0. The minimum atomic E-state index is -0.447. The number of nitrogens with one attached hydrogen (secondary N) is 2. The van der Waals surface area contributed by atoms with Crippen LogP contribution in [0.25, 0.3) is 10.9 Å². The first-order valence-corrected chi connectivity index (χ1v) is 10.8. The van der Waals surface area contributed by atoms with Gasteiger partial charge < -0.3 is 19.9 Å². The van der Waals surface area contributed by atoms with Crippen molar-refractivity contribution >= 4 is 22.9 Å². The van der Waals surface area contributed by atoms with Gasteiger partial charge in [0.2, 0.25) is 5.91 Å². The first-order valence-electron chi connectivity index (χ1n) is 10.8. The summed E-state index contributed by atoms with van der Waals surface area (Å²) in [6.45, 7) is 5.08. The van der Waals surface area contributed by atoms with Crippen molar-refractivity contribution in [3.63, 3.8) is 0 Å². The van der Waals surface area contributed by atoms with Gasteiger partial charge in [-0.1, -0.05) is 42.5 Å². The maximum Gasteiger partial charge on any atom is 0.407 e. The quantitative estimate of drug-likeness (QED) is 0.618. The molecule has 1 saturated heterocycles. The van der Waals surface area contributed by atoms with Crippen molar-refractivity contribution in [2.24, 2.45) is 0 Å². The fraction of sp³-hybridized carbons (Fsp3) is 0.360. The predicted octanol–water partition coefficient (Wildman–Crippen LogP) is 4.50. The minimum Gasteiger partial charge on any atom is -0.445 e. The van der Waals surface area contributed by atoms with Crippen molar-refractivity contribution in [3.8, 4) is 0 Å². The molecule has 1 fully saturated rings. The highest BCUT2D eigenvalue weighted by Crippen LogP contribution is 2.35. The highest BCUT2D eigenvalue weighted by atomic mass is 16.5. The average molecular weight is 420 g/mol. The smallest absolute Gasteiger partial charge is 0.407 e. The van der Waals surface area contributed by atoms with Gasteiger partial charge in [-0.2, -0.15) is 0 Å². The third-order valence-electron chi connectivity index (χ3n) is 6.12. The van der Waals surface area contributed by atoms with E-state index < -0.39 is 6.09 Å². The number of aryl methyl sites for hydroxylation is 1. The Hall–Kier alpha value is -3.28. The van der Waals surface area contributed by atoms with E-state index in [0.29, 0.717) is 6.54 Å². The van der Waals surface area contributed by atoms with E-state index in [1.165, 1.54) is 5.56 Å². The van der Waals surface area contributed by atoms with Gasteiger partial charge in [0, 0.05) is 49.1 Å². The zero-order valence-corrected chi connectivity index (χ0v) is 18.1. The van der Waals surface area contributed by atoms with Gasteiger partial charge in [0.05, 0.1) is 0 Å². The van der Waals surface area contributed by atoms with Gasteiger partial charge in [0.15, 0.2) is 0 Å². The summed E-state index contributed by atoms with van der Waals surface area (Å²) in [4.78, 5) is 30.0. The van der Waals surface area contributed by atoms with Crippen molar-refractivity contribution in [1.82, 2.24) is 15.2 Å². The molecule has 31 heavy (non-hydrogen) atoms. The van der Waals surface area contributed by atoms with E-state index in [1.54, 1.807) is 6.92 Å². The van der Waals surface area contributed by atoms with Crippen molar-refractivity contribution in [3.05, 3.63) is 71.4 Å². The Morgan fingerprint density at radius 1 is 1.23 bits per heavy atom. The lowest BCUT2D eigenvalue weighted by Gasteiger charge is -2.31. The molecular weight excluding hydrogens is 390 g/mol. The second-order valence-electron chi connectivity index (χ2n) is 8.26. The fourth-order valence-corrected chi connectivity index (χ4v) is 4.59. The van der Waals surface area contributed by atoms with Gasteiger partial charge in [-0.05, 0) is 42.5 Å². The number of carbonyl (C=O) groups is 2. The van der Waals surface area contributed by atoms with Crippen LogP contribution in [0.1, 0.15) is 42.4 Å². The second kappa shape index (κ2) is 9.25. The molecule has 0 spiro atoms. The number of nitrogens with zero attached hydrogens (tertiary/aromatic N) is 1. The maximum atomic E-state index is 12.4. The topological polar surface area (TPSA) is 74.4 Å². The molecule has 6 heteroatoms. The van der Waals surface area contributed by atoms with Crippen LogP contribution in [0.15, 0.2) is 54.7 Å². The number of rotatable bonds is 6. The first kappa shape index (κ1) is 21.0. The second-order valence-corrected chi connectivity index (χ2v) is 8.26. The number of benzene rings is 2. The van der Waals surface area contributed by atoms with Gasteiger partial charge >= 0.3 is 6.09 Å². The molecule has 0 radical (unpaired) electrons. The van der Waals surface area contributed by atoms with Crippen LogP contribution in [0.2, 0.25) is 0 Å². The number of hydrogen-bond donors (Lipinski definition) is 2. The Bertz CT molecular complexity index is 1060. The van der Waals surface area contributed by atoms with Crippen molar-refractivity contribution in [2.45, 2.75) is 45.3 Å². The number of alkyl carbamates (subject to hydrolysis) is 1. The molecule has 4 rings (SSSR count). The summed E-state index contributed by atoms with van der Waals surface area (Å²) < 4.78 is 5.40. The van der Waals surface area contributed by atoms with E-state index in [1.807, 2.05) is 41.4 Å². The summed E-state index contributed by atoms with van der Waals surface area (Å²) in [5, 5.41) is 4.07. The predicted molar refractivity (Wildman–Crippen MR) is 121 cm³/mol. The summed E-state index contributed by atoms with van der Waals surface area (Å²) >= 11 is 0. The van der Waals surface area contributed by atoms with Crippen LogP contribution >= 0.6 is 0 Å². The van der Waals surface area contributed by atoms with Crippen LogP contribution in [-0.4, -0.2) is 41.0 Å². The molecule has 2 aromatic carbocycles. The Balaban J connectivity index is 1.52. The minimum absolute atomic E-state index is 0.0212. The van der Waals surface area contributed by atoms with Crippen molar-refractivity contribution in [2.75, 3.05) is 13.1 Å². The number of aromatic amines is 1. The maximum absolute atomic E-state index is 12.4. The Labute approximate surface area is 182 Å². The fourth-order valence-electron chi connectivity index (χ4n) is 4.59. The molecule has 2 unspecified atom stereocenters. The van der Waals surface area contributed by atoms with Crippen LogP contribution in [-0.2, 0) is 16.1 Å². The molecule has 6 nitrogen and oxygen atoms in total. The molecule has 0 saturated carbocycles. The van der Waals surface area contributed by atoms with E-state index in [0.717, 1.165) is 41.4 Å². The van der Waals surface area contributed by atoms with E-state index in [-0.39, 0.29) is 24.5 Å². The van der Waals surface area contributed by atoms with Crippen LogP contribution < -0.4 is 5.32 Å². The largest absolute Gasteiger partial charge is 0.445 e. The lowest BCUT2D eigenvalue weighted by Crippen LogP contribution is -2.42. The standard InChI is InChI=1S/C25H29N3O3/c1-17-10-11-20-21(14-26-23(20)13-17)22(24-9-6-12-28(24)18(2)29)15-27-25(30)31-16-19-7-4-3-5-8-19/h3-5,7-8,10-11,13-14,22,24,26H,6,9,12,15-16H2,1-2H3,(H,27,30). The normalized spacial score (nSPS) is 17.0. The molecule has 2 heterocycles. The zero-order chi connectivity index (χ0) is 21.8. The number of likely N-dealkylation sites (tertiary alicyclic amines) is 1. The molecule has 2 amide bonds. The van der Waals surface area contributed by atoms with Crippen LogP contribution in [0.3, 0.4) is 0 Å². The number of amides is 2. The number of H-pyrrole nitrogens is 1. The summed E-state index contributed by atoms with van der Waals surface area (Å²) in [5.41, 5.74) is 4.32. The number of fused-ring (bicyclic) bond motifs is 1. The van der Waals surface area contributed by atoms with Gasteiger partial charge in [-0.25, -0.2) is 4.79 Å². The molecule has 0 bridgehead atoms. The molecule has 2 atom stereocenters. The third-order valence-corrected chi connectivity index (χ3v) is 6.12. The lowest BCUT2D eigenvalue weighted by molar-refractivity contribution is -0.130. The van der Waals surface area contributed by atoms with Crippen molar-refractivity contribution in [1.29, 1.82) is 0 Å². The van der Waals surface area contributed by atoms with Crippen molar-refractivity contribution < 1.29 is 14.3 Å². The Morgan fingerprint density at radius 2 is 2.03 bits per heavy atom. The Morgan fingerprint density at radius 3 is 2.81 bits per heavy atom. The van der Waals surface area contributed by atoms with Gasteiger partial charge in [-0.15, -0.1) is 0 Å². The lowest BCUT2D eigenvalue weighted by atomic mass is 9.89. The average Bonchev–Trinajstić information content (AvgIpc) is 3.41. The van der Waals surface area contributed by atoms with Gasteiger partial charge in [0.1, 0.15) is 6.61 Å². The molecule has 162 valence electrons. The zero-order valence-electron chi connectivity index (χ0n) is 18.1.